The van der Waals surface area contributed by atoms with Gasteiger partial charge in [-0.05, 0) is 101 Å². The first-order valence-corrected chi connectivity index (χ1v) is 19.9. The smallest absolute Gasteiger partial charge is 0.144 e. The fraction of sp³-hybridized carbons (Fsp3) is 0.921. The molecular formula is C38H66N3O10+. The van der Waals surface area contributed by atoms with E-state index in [1.54, 1.807) is 7.11 Å². The number of aliphatic carboxylic acids is 1. The van der Waals surface area contributed by atoms with Crippen molar-refractivity contribution in [1.82, 2.24) is 0 Å². The van der Waals surface area contributed by atoms with Gasteiger partial charge in [-0.1, -0.05) is 12.2 Å². The van der Waals surface area contributed by atoms with Crippen molar-refractivity contribution in [2.24, 2.45) is 40.7 Å². The van der Waals surface area contributed by atoms with Crippen LogP contribution in [0, 0.1) is 35.0 Å². The zero-order valence-corrected chi connectivity index (χ0v) is 30.7. The van der Waals surface area contributed by atoms with Gasteiger partial charge in [0.25, 0.3) is 0 Å². The number of hydrogen-bond acceptors (Lipinski definition) is 11. The van der Waals surface area contributed by atoms with Crippen molar-refractivity contribution < 1.29 is 59.9 Å². The van der Waals surface area contributed by atoms with Gasteiger partial charge in [0.15, 0.2) is 0 Å². The fourth-order valence-corrected chi connectivity index (χ4v) is 11.3. The Bertz CT molecular complexity index is 1160. The molecule has 0 aromatic heterocycles. The molecule has 10 N–H and O–H groups in total. The second-order valence-corrected chi connectivity index (χ2v) is 17.1. The molecule has 0 radical (unpaired) electrons. The van der Waals surface area contributed by atoms with Gasteiger partial charge in [0, 0.05) is 37.3 Å². The van der Waals surface area contributed by atoms with E-state index < -0.39 is 54.6 Å². The third-order valence-electron chi connectivity index (χ3n) is 13.9. The summed E-state index contributed by atoms with van der Waals surface area (Å²) in [6.45, 7) is 3.02. The number of carbonyl (C=O) groups is 1. The molecule has 3 aliphatic carbocycles. The van der Waals surface area contributed by atoms with Gasteiger partial charge in [-0.3, -0.25) is 5.73 Å². The highest BCUT2D eigenvalue weighted by molar-refractivity contribution is 5.72. The van der Waals surface area contributed by atoms with E-state index in [-0.39, 0.29) is 42.4 Å². The molecule has 3 saturated heterocycles. The third kappa shape index (κ3) is 8.85. The lowest BCUT2D eigenvalue weighted by Crippen LogP contribution is -3.01. The second kappa shape index (κ2) is 17.5. The molecule has 5 fully saturated rings. The number of aliphatic hydroxyl groups excluding tert-OH is 4. The van der Waals surface area contributed by atoms with Crippen LogP contribution in [0.1, 0.15) is 90.4 Å². The van der Waals surface area contributed by atoms with Gasteiger partial charge < -0.3 is 59.9 Å². The molecule has 0 aromatic carbocycles. The van der Waals surface area contributed by atoms with E-state index in [4.69, 9.17) is 24.7 Å². The number of quaternary nitrogens is 2. The first kappa shape index (κ1) is 39.5. The van der Waals surface area contributed by atoms with Crippen molar-refractivity contribution in [1.29, 1.82) is 0 Å². The normalized spacial score (nSPS) is 47.8. The zero-order chi connectivity index (χ0) is 36.3. The van der Waals surface area contributed by atoms with E-state index >= 15 is 0 Å². The van der Waals surface area contributed by atoms with Gasteiger partial charge in [-0.25, -0.2) is 0 Å². The maximum absolute atomic E-state index is 12.7. The molecule has 3 heterocycles. The fourth-order valence-electron chi connectivity index (χ4n) is 11.3. The number of rotatable bonds is 12. The molecule has 13 nitrogen and oxygen atoms in total. The number of carboxylic acid groups (broad SMARTS) is 1. The lowest BCUT2D eigenvalue weighted by molar-refractivity contribution is -0.746. The van der Waals surface area contributed by atoms with E-state index in [1.165, 1.54) is 0 Å². The van der Waals surface area contributed by atoms with E-state index in [0.717, 1.165) is 51.5 Å². The highest BCUT2D eigenvalue weighted by Gasteiger charge is 2.59. The quantitative estimate of drug-likeness (QED) is 0.0885. The number of nitrogens with two attached hydrogens (primary N) is 3. The molecule has 0 aromatic rings. The monoisotopic (exact) mass is 724 g/mol. The summed E-state index contributed by atoms with van der Waals surface area (Å²) in [6.07, 6.45) is 10.1. The van der Waals surface area contributed by atoms with Crippen LogP contribution in [-0.4, -0.2) is 121 Å². The van der Waals surface area contributed by atoms with Gasteiger partial charge in [0.2, 0.25) is 0 Å². The molecule has 1 spiro atoms. The minimum Gasteiger partial charge on any atom is -0.549 e. The number of carbonyl (C=O) groups excluding carboxylic acids is 1. The average Bonchev–Trinajstić information content (AvgIpc) is 3.49. The molecule has 9 unspecified atom stereocenters. The number of carboxylic acids is 1. The standard InChI is InChI=1S/C38H65N3O10/c1-21-9-11-38(27(6-7-28(38)37(46)47)23-10-12-40-35(39)16-23)34(41-21)19-49-33-15-24(14-32(48-2)36(33)45)30-18-25(43)17-26(51-30)5-3-22-4-8-29(44)31(13-22)50-20-42/h6-7,21-36,40-45H,3-5,8-20,39H2,1-2H3,(H,46,47)/p+1/t21-,22?,23?,24?,25-,26-,27+,28+,29?,30+,31?,32?,33?,34+,35?,36?,38+/m0/s1. The van der Waals surface area contributed by atoms with Crippen LogP contribution < -0.4 is 21.5 Å². The zero-order valence-electron chi connectivity index (χ0n) is 30.7. The summed E-state index contributed by atoms with van der Waals surface area (Å²) in [5.41, 5.74) is 5.84. The molecule has 0 bridgehead atoms. The number of aliphatic hydroxyl groups is 4. The van der Waals surface area contributed by atoms with Crippen molar-refractivity contribution in [2.75, 3.05) is 27.1 Å². The molecule has 17 atom stereocenters. The lowest BCUT2D eigenvalue weighted by Gasteiger charge is -2.52. The SMILES string of the molecule is COC1CC([C@H]2C[C@@H](O)C[C@H](CCC3CCC(O)C(OCO)C3)O2)CC(OC[C@H]2[NH2+][C@@H](C)CC[C@@]23[C@@H](C(=O)[O-])C=C[C@@H]3C2CC[NH2+]C(N)C2)C1O. The molecular weight excluding hydrogens is 658 g/mol. The van der Waals surface area contributed by atoms with E-state index in [2.05, 4.69) is 23.6 Å². The van der Waals surface area contributed by atoms with Crippen LogP contribution in [0.3, 0.4) is 0 Å². The van der Waals surface area contributed by atoms with Gasteiger partial charge in [-0.15, -0.1) is 0 Å². The topological polar surface area (TPSA) is 217 Å². The van der Waals surface area contributed by atoms with Crippen LogP contribution in [0.2, 0.25) is 0 Å². The summed E-state index contributed by atoms with van der Waals surface area (Å²) >= 11 is 0. The Morgan fingerprint density at radius 3 is 2.51 bits per heavy atom. The Morgan fingerprint density at radius 2 is 1.76 bits per heavy atom. The van der Waals surface area contributed by atoms with E-state index in [9.17, 15) is 30.3 Å². The number of methoxy groups -OCH3 is 1. The predicted molar refractivity (Wildman–Crippen MR) is 183 cm³/mol. The lowest BCUT2D eigenvalue weighted by atomic mass is 9.57. The van der Waals surface area contributed by atoms with Gasteiger partial charge >= 0.3 is 0 Å². The van der Waals surface area contributed by atoms with Crippen LogP contribution in [0.5, 0.6) is 0 Å². The summed E-state index contributed by atoms with van der Waals surface area (Å²) < 4.78 is 24.6. The maximum Gasteiger partial charge on any atom is 0.144 e. The van der Waals surface area contributed by atoms with Crippen LogP contribution >= 0.6 is 0 Å². The number of piperidine rings is 2. The molecule has 6 aliphatic rings. The summed E-state index contributed by atoms with van der Waals surface area (Å²) in [4.78, 5) is 12.7. The maximum atomic E-state index is 12.7. The second-order valence-electron chi connectivity index (χ2n) is 17.1. The summed E-state index contributed by atoms with van der Waals surface area (Å²) in [6, 6.07) is 0.173. The van der Waals surface area contributed by atoms with Gasteiger partial charge in [-0.2, -0.15) is 0 Å². The Balaban J connectivity index is 1.12. The first-order chi connectivity index (χ1) is 24.5. The van der Waals surface area contributed by atoms with Gasteiger partial charge in [0.05, 0.1) is 61.9 Å². The van der Waals surface area contributed by atoms with E-state index in [1.807, 2.05) is 6.08 Å². The predicted octanol–water partition coefficient (Wildman–Crippen LogP) is -1.75. The minimum absolute atomic E-state index is 0.00743. The third-order valence-corrected chi connectivity index (χ3v) is 13.9. The van der Waals surface area contributed by atoms with Crippen molar-refractivity contribution in [2.45, 2.75) is 157 Å². The Morgan fingerprint density at radius 1 is 0.961 bits per heavy atom. The van der Waals surface area contributed by atoms with Crippen molar-refractivity contribution in [3.05, 3.63) is 12.2 Å². The van der Waals surface area contributed by atoms with Crippen LogP contribution in [0.4, 0.5) is 0 Å². The largest absolute Gasteiger partial charge is 0.549 e. The molecule has 0 amide bonds. The Labute approximate surface area is 303 Å². The Hall–Kier alpha value is -1.23. The summed E-state index contributed by atoms with van der Waals surface area (Å²) in [5.74, 6) is -1.03. The molecule has 2 saturated carbocycles. The number of ether oxygens (including phenoxy) is 4. The highest BCUT2D eigenvalue weighted by Crippen LogP contribution is 2.54. The van der Waals surface area contributed by atoms with Crippen LogP contribution in [-0.2, 0) is 23.7 Å². The van der Waals surface area contributed by atoms with Gasteiger partial charge in [0.1, 0.15) is 25.1 Å². The number of allylic oxidation sites excluding steroid dienone is 1. The number of hydrogen-bond donors (Lipinski definition) is 7. The van der Waals surface area contributed by atoms with Crippen molar-refractivity contribution in [3.63, 3.8) is 0 Å². The Kier molecular flexibility index (Phi) is 13.5. The van der Waals surface area contributed by atoms with Crippen molar-refractivity contribution in [3.8, 4) is 0 Å². The highest BCUT2D eigenvalue weighted by atomic mass is 16.6. The van der Waals surface area contributed by atoms with Crippen LogP contribution in [0.15, 0.2) is 12.2 Å². The van der Waals surface area contributed by atoms with E-state index in [0.29, 0.717) is 63.0 Å². The molecule has 13 heteroatoms. The van der Waals surface area contributed by atoms with Crippen LogP contribution in [0.25, 0.3) is 0 Å². The average molecular weight is 725 g/mol. The minimum atomic E-state index is -1.03. The first-order valence-electron chi connectivity index (χ1n) is 19.9. The molecule has 3 aliphatic heterocycles. The van der Waals surface area contributed by atoms with Crippen molar-refractivity contribution >= 4 is 5.97 Å². The summed E-state index contributed by atoms with van der Waals surface area (Å²) in [5, 5.41) is 59.2. The summed E-state index contributed by atoms with van der Waals surface area (Å²) in [7, 11) is 1.61. The molecule has 51 heavy (non-hydrogen) atoms. The molecule has 292 valence electrons. The molecule has 6 rings (SSSR count).